The van der Waals surface area contributed by atoms with Crippen LogP contribution < -0.4 is 9.47 Å². The van der Waals surface area contributed by atoms with Gasteiger partial charge in [-0.25, -0.2) is 0 Å². The summed E-state index contributed by atoms with van der Waals surface area (Å²) in [4.78, 5) is 0. The Morgan fingerprint density at radius 2 is 1.77 bits per heavy atom. The molecule has 0 fully saturated rings. The predicted octanol–water partition coefficient (Wildman–Crippen LogP) is 1.76. The summed E-state index contributed by atoms with van der Waals surface area (Å²) in [6.45, 7) is 1.71. The normalized spacial score (nSPS) is 12.3. The molecule has 0 heterocycles. The van der Waals surface area contributed by atoms with Gasteiger partial charge in [-0.05, 0) is 24.6 Å². The van der Waals surface area contributed by atoms with Crippen LogP contribution in [0.3, 0.4) is 0 Å². The summed E-state index contributed by atoms with van der Waals surface area (Å²) in [6.07, 6.45) is -0.486. The molecule has 3 heteroatoms. The van der Waals surface area contributed by atoms with Crippen LogP contribution in [0.15, 0.2) is 18.2 Å². The number of benzene rings is 1. The number of hydrogen-bond acceptors (Lipinski definition) is 3. The molecule has 1 unspecified atom stereocenters. The lowest BCUT2D eigenvalue weighted by Crippen LogP contribution is -1.95. The van der Waals surface area contributed by atoms with E-state index in [1.54, 1.807) is 33.3 Å². The van der Waals surface area contributed by atoms with Gasteiger partial charge in [0.2, 0.25) is 0 Å². The van der Waals surface area contributed by atoms with Crippen LogP contribution in [0.5, 0.6) is 11.5 Å². The van der Waals surface area contributed by atoms with E-state index in [9.17, 15) is 5.11 Å². The molecule has 13 heavy (non-hydrogen) atoms. The second-order valence-corrected chi connectivity index (χ2v) is 2.79. The van der Waals surface area contributed by atoms with Crippen LogP contribution in [0.1, 0.15) is 18.6 Å². The third-order valence-electron chi connectivity index (χ3n) is 1.89. The van der Waals surface area contributed by atoms with E-state index in [0.29, 0.717) is 11.5 Å². The minimum absolute atomic E-state index is 0.486. The zero-order valence-corrected chi connectivity index (χ0v) is 8.07. The summed E-state index contributed by atoms with van der Waals surface area (Å²) >= 11 is 0. The first-order valence-corrected chi connectivity index (χ1v) is 4.09. The van der Waals surface area contributed by atoms with E-state index >= 15 is 0 Å². The highest BCUT2D eigenvalue weighted by Crippen LogP contribution is 2.29. The number of ether oxygens (including phenoxy) is 2. The summed E-state index contributed by atoms with van der Waals surface area (Å²) in [5.41, 5.74) is 0.817. The predicted molar refractivity (Wildman–Crippen MR) is 50.2 cm³/mol. The van der Waals surface area contributed by atoms with Crippen LogP contribution >= 0.6 is 0 Å². The molecular formula is C10H14O3. The molecule has 0 aliphatic rings. The zero-order chi connectivity index (χ0) is 9.84. The molecule has 0 saturated carbocycles. The van der Waals surface area contributed by atoms with Gasteiger partial charge in [-0.1, -0.05) is 6.07 Å². The maximum absolute atomic E-state index is 9.31. The minimum atomic E-state index is -0.486. The topological polar surface area (TPSA) is 38.7 Å². The van der Waals surface area contributed by atoms with Crippen molar-refractivity contribution >= 4 is 0 Å². The lowest BCUT2D eigenvalue weighted by Gasteiger charge is -2.10. The Morgan fingerprint density at radius 1 is 1.15 bits per heavy atom. The van der Waals surface area contributed by atoms with Gasteiger partial charge in [0.15, 0.2) is 11.5 Å². The van der Waals surface area contributed by atoms with Gasteiger partial charge in [0, 0.05) is 0 Å². The largest absolute Gasteiger partial charge is 0.493 e. The maximum atomic E-state index is 9.31. The Balaban J connectivity index is 3.05. The summed E-state index contributed by atoms with van der Waals surface area (Å²) in [6, 6.07) is 5.36. The molecule has 1 atom stereocenters. The maximum Gasteiger partial charge on any atom is 0.161 e. The van der Waals surface area contributed by atoms with Crippen LogP contribution in [0.25, 0.3) is 0 Å². The molecule has 0 saturated heterocycles. The number of methoxy groups -OCH3 is 2. The van der Waals surface area contributed by atoms with Gasteiger partial charge in [0.1, 0.15) is 0 Å². The lowest BCUT2D eigenvalue weighted by atomic mass is 10.1. The van der Waals surface area contributed by atoms with Gasteiger partial charge in [-0.2, -0.15) is 0 Å². The second kappa shape index (κ2) is 4.14. The molecule has 0 radical (unpaired) electrons. The first kappa shape index (κ1) is 9.86. The third-order valence-corrected chi connectivity index (χ3v) is 1.89. The van der Waals surface area contributed by atoms with Crippen LogP contribution in [0, 0.1) is 0 Å². The van der Waals surface area contributed by atoms with E-state index in [4.69, 9.17) is 9.47 Å². The second-order valence-electron chi connectivity index (χ2n) is 2.79. The summed E-state index contributed by atoms with van der Waals surface area (Å²) < 4.78 is 10.2. The molecule has 0 spiro atoms. The fraction of sp³-hybridized carbons (Fsp3) is 0.400. The number of aliphatic hydroxyl groups is 1. The number of aliphatic hydroxyl groups excluding tert-OH is 1. The van der Waals surface area contributed by atoms with E-state index in [1.807, 2.05) is 6.07 Å². The average Bonchev–Trinajstić information content (AvgIpc) is 2.16. The molecule has 1 aromatic rings. The van der Waals surface area contributed by atoms with Gasteiger partial charge in [0.05, 0.1) is 20.3 Å². The highest BCUT2D eigenvalue weighted by Gasteiger charge is 2.06. The fourth-order valence-electron chi connectivity index (χ4n) is 1.11. The molecule has 3 nitrogen and oxygen atoms in total. The fourth-order valence-corrected chi connectivity index (χ4v) is 1.11. The molecule has 0 bridgehead atoms. The standard InChI is InChI=1S/C10H14O3/c1-7(11)8-4-5-9(12-2)10(6-8)13-3/h4-7,11H,1-3H3. The lowest BCUT2D eigenvalue weighted by molar-refractivity contribution is 0.198. The van der Waals surface area contributed by atoms with Crippen LogP contribution in [0.4, 0.5) is 0 Å². The molecular weight excluding hydrogens is 168 g/mol. The van der Waals surface area contributed by atoms with Gasteiger partial charge >= 0.3 is 0 Å². The first-order chi connectivity index (χ1) is 6.19. The Hall–Kier alpha value is -1.22. The summed E-state index contributed by atoms with van der Waals surface area (Å²) in [5, 5.41) is 9.31. The summed E-state index contributed by atoms with van der Waals surface area (Å²) in [7, 11) is 3.16. The third kappa shape index (κ3) is 2.12. The van der Waals surface area contributed by atoms with Crippen molar-refractivity contribution in [2.75, 3.05) is 14.2 Å². The van der Waals surface area contributed by atoms with Crippen molar-refractivity contribution in [1.82, 2.24) is 0 Å². The zero-order valence-electron chi connectivity index (χ0n) is 8.07. The van der Waals surface area contributed by atoms with Gasteiger partial charge in [0.25, 0.3) is 0 Å². The number of hydrogen-bond donors (Lipinski definition) is 1. The quantitative estimate of drug-likeness (QED) is 0.774. The highest BCUT2D eigenvalue weighted by molar-refractivity contribution is 5.43. The Kier molecular flexibility index (Phi) is 3.14. The minimum Gasteiger partial charge on any atom is -0.493 e. The monoisotopic (exact) mass is 182 g/mol. The Morgan fingerprint density at radius 3 is 2.23 bits per heavy atom. The van der Waals surface area contributed by atoms with Crippen LogP contribution in [0.2, 0.25) is 0 Å². The smallest absolute Gasteiger partial charge is 0.161 e. The van der Waals surface area contributed by atoms with Crippen molar-refractivity contribution < 1.29 is 14.6 Å². The molecule has 1 rings (SSSR count). The molecule has 0 aliphatic heterocycles. The van der Waals surface area contributed by atoms with E-state index in [0.717, 1.165) is 5.56 Å². The van der Waals surface area contributed by atoms with Crippen molar-refractivity contribution in [3.63, 3.8) is 0 Å². The van der Waals surface area contributed by atoms with E-state index < -0.39 is 6.10 Å². The molecule has 0 amide bonds. The van der Waals surface area contributed by atoms with Gasteiger partial charge < -0.3 is 14.6 Å². The SMILES string of the molecule is COc1ccc(C(C)O)cc1OC. The van der Waals surface area contributed by atoms with Crippen molar-refractivity contribution in [1.29, 1.82) is 0 Å². The number of rotatable bonds is 3. The van der Waals surface area contributed by atoms with Crippen molar-refractivity contribution in [3.8, 4) is 11.5 Å². The first-order valence-electron chi connectivity index (χ1n) is 4.09. The van der Waals surface area contributed by atoms with Crippen molar-refractivity contribution in [2.45, 2.75) is 13.0 Å². The van der Waals surface area contributed by atoms with E-state index in [-0.39, 0.29) is 0 Å². The summed E-state index contributed by atoms with van der Waals surface area (Å²) in [5.74, 6) is 1.31. The molecule has 72 valence electrons. The molecule has 1 aromatic carbocycles. The highest BCUT2D eigenvalue weighted by atomic mass is 16.5. The van der Waals surface area contributed by atoms with Crippen LogP contribution in [-0.4, -0.2) is 19.3 Å². The van der Waals surface area contributed by atoms with Crippen molar-refractivity contribution in [2.24, 2.45) is 0 Å². The average molecular weight is 182 g/mol. The van der Waals surface area contributed by atoms with Gasteiger partial charge in [-0.3, -0.25) is 0 Å². The van der Waals surface area contributed by atoms with Crippen molar-refractivity contribution in [3.05, 3.63) is 23.8 Å². The molecule has 1 N–H and O–H groups in total. The van der Waals surface area contributed by atoms with Crippen LogP contribution in [-0.2, 0) is 0 Å². The van der Waals surface area contributed by atoms with E-state index in [2.05, 4.69) is 0 Å². The molecule has 0 aromatic heterocycles. The van der Waals surface area contributed by atoms with E-state index in [1.165, 1.54) is 0 Å². The Labute approximate surface area is 77.9 Å². The Bertz CT molecular complexity index is 281. The van der Waals surface area contributed by atoms with Gasteiger partial charge in [-0.15, -0.1) is 0 Å². The molecule has 0 aliphatic carbocycles.